The summed E-state index contributed by atoms with van der Waals surface area (Å²) in [6, 6.07) is 9.16. The first kappa shape index (κ1) is 12.5. The highest BCUT2D eigenvalue weighted by molar-refractivity contribution is 5.65. The van der Waals surface area contributed by atoms with E-state index in [1.807, 2.05) is 6.07 Å². The van der Waals surface area contributed by atoms with Crippen molar-refractivity contribution in [2.45, 2.75) is 6.54 Å². The van der Waals surface area contributed by atoms with E-state index in [1.54, 1.807) is 19.2 Å². The predicted molar refractivity (Wildman–Crippen MR) is 66.2 cm³/mol. The third-order valence-electron chi connectivity index (χ3n) is 2.75. The second-order valence-corrected chi connectivity index (χ2v) is 3.86. The molecule has 2 nitrogen and oxygen atoms in total. The maximum absolute atomic E-state index is 13.2. The van der Waals surface area contributed by atoms with Gasteiger partial charge in [-0.25, -0.2) is 8.78 Å². The van der Waals surface area contributed by atoms with Crippen molar-refractivity contribution in [3.8, 4) is 16.9 Å². The Morgan fingerprint density at radius 3 is 2.28 bits per heavy atom. The van der Waals surface area contributed by atoms with Gasteiger partial charge in [0.15, 0.2) is 11.6 Å². The van der Waals surface area contributed by atoms with Crippen LogP contribution in [0.4, 0.5) is 8.78 Å². The van der Waals surface area contributed by atoms with Crippen LogP contribution in [-0.4, -0.2) is 7.11 Å². The number of hydrogen-bond donors (Lipinski definition) is 1. The van der Waals surface area contributed by atoms with Gasteiger partial charge >= 0.3 is 0 Å². The predicted octanol–water partition coefficient (Wildman–Crippen LogP) is 3.10. The Balaban J connectivity index is 2.47. The Bertz CT molecular complexity index is 570. The molecule has 2 aromatic carbocycles. The summed E-state index contributed by atoms with van der Waals surface area (Å²) >= 11 is 0. The molecule has 0 amide bonds. The van der Waals surface area contributed by atoms with Crippen LogP contribution in [0.25, 0.3) is 11.1 Å². The van der Waals surface area contributed by atoms with Gasteiger partial charge in [0.2, 0.25) is 0 Å². The summed E-state index contributed by atoms with van der Waals surface area (Å²) in [6.45, 7) is 0.320. The molecule has 2 N–H and O–H groups in total. The van der Waals surface area contributed by atoms with Crippen LogP contribution < -0.4 is 10.5 Å². The molecule has 0 unspecified atom stereocenters. The van der Waals surface area contributed by atoms with Crippen LogP contribution >= 0.6 is 0 Å². The zero-order chi connectivity index (χ0) is 13.1. The summed E-state index contributed by atoms with van der Waals surface area (Å²) in [7, 11) is 1.56. The van der Waals surface area contributed by atoms with Crippen LogP contribution in [0.3, 0.4) is 0 Å². The highest BCUT2D eigenvalue weighted by Crippen LogP contribution is 2.27. The van der Waals surface area contributed by atoms with Gasteiger partial charge in [-0.3, -0.25) is 0 Å². The van der Waals surface area contributed by atoms with Gasteiger partial charge in [-0.15, -0.1) is 0 Å². The number of methoxy groups -OCH3 is 1. The maximum Gasteiger partial charge on any atom is 0.159 e. The molecule has 2 aromatic rings. The molecule has 0 spiro atoms. The monoisotopic (exact) mass is 249 g/mol. The fourth-order valence-corrected chi connectivity index (χ4v) is 1.79. The van der Waals surface area contributed by atoms with Crippen molar-refractivity contribution in [2.75, 3.05) is 7.11 Å². The van der Waals surface area contributed by atoms with Gasteiger partial charge in [0.05, 0.1) is 7.11 Å². The van der Waals surface area contributed by atoms with Crippen molar-refractivity contribution in [2.24, 2.45) is 5.73 Å². The van der Waals surface area contributed by atoms with Crippen LogP contribution in [-0.2, 0) is 6.54 Å². The SMILES string of the molecule is COc1ccc(-c2ccc(F)c(F)c2)cc1CN. The molecule has 0 heterocycles. The Hall–Kier alpha value is -1.94. The molecule has 4 heteroatoms. The number of halogens is 2. The van der Waals surface area contributed by atoms with Gasteiger partial charge in [0.25, 0.3) is 0 Å². The van der Waals surface area contributed by atoms with Crippen LogP contribution in [0.2, 0.25) is 0 Å². The Morgan fingerprint density at radius 2 is 1.67 bits per heavy atom. The first-order chi connectivity index (χ1) is 8.65. The minimum atomic E-state index is -0.863. The molecule has 0 saturated heterocycles. The second-order valence-electron chi connectivity index (χ2n) is 3.86. The molecule has 0 aliphatic heterocycles. The summed E-state index contributed by atoms with van der Waals surface area (Å²) in [5, 5.41) is 0. The summed E-state index contributed by atoms with van der Waals surface area (Å²) in [6.07, 6.45) is 0. The lowest BCUT2D eigenvalue weighted by molar-refractivity contribution is 0.410. The van der Waals surface area contributed by atoms with Gasteiger partial charge in [0.1, 0.15) is 5.75 Å². The van der Waals surface area contributed by atoms with Crippen molar-refractivity contribution >= 4 is 0 Å². The van der Waals surface area contributed by atoms with E-state index in [1.165, 1.54) is 6.07 Å². The fourth-order valence-electron chi connectivity index (χ4n) is 1.79. The molecule has 94 valence electrons. The number of hydrogen-bond acceptors (Lipinski definition) is 2. The normalized spacial score (nSPS) is 10.4. The van der Waals surface area contributed by atoms with Crippen molar-refractivity contribution < 1.29 is 13.5 Å². The molecule has 2 rings (SSSR count). The molecule has 0 saturated carbocycles. The summed E-state index contributed by atoms with van der Waals surface area (Å²) in [5.74, 6) is -1.03. The molecule has 0 aromatic heterocycles. The molecule has 18 heavy (non-hydrogen) atoms. The average Bonchev–Trinajstić information content (AvgIpc) is 2.41. The fraction of sp³-hybridized carbons (Fsp3) is 0.143. The van der Waals surface area contributed by atoms with Crippen LogP contribution in [0, 0.1) is 11.6 Å². The minimum Gasteiger partial charge on any atom is -0.496 e. The van der Waals surface area contributed by atoms with Gasteiger partial charge in [-0.05, 0) is 35.4 Å². The van der Waals surface area contributed by atoms with Gasteiger partial charge in [-0.2, -0.15) is 0 Å². The molecule has 0 aliphatic carbocycles. The lowest BCUT2D eigenvalue weighted by Gasteiger charge is -2.09. The van der Waals surface area contributed by atoms with E-state index in [0.29, 0.717) is 17.9 Å². The summed E-state index contributed by atoms with van der Waals surface area (Å²) in [4.78, 5) is 0. The molecule has 0 radical (unpaired) electrons. The molecule has 0 aliphatic rings. The van der Waals surface area contributed by atoms with Gasteiger partial charge in [0, 0.05) is 12.1 Å². The van der Waals surface area contributed by atoms with E-state index < -0.39 is 11.6 Å². The Kier molecular flexibility index (Phi) is 3.58. The topological polar surface area (TPSA) is 35.2 Å². The zero-order valence-electron chi connectivity index (χ0n) is 9.91. The summed E-state index contributed by atoms with van der Waals surface area (Å²) in [5.41, 5.74) is 7.81. The quantitative estimate of drug-likeness (QED) is 0.907. The number of nitrogens with two attached hydrogens (primary N) is 1. The van der Waals surface area contributed by atoms with Crippen molar-refractivity contribution in [1.82, 2.24) is 0 Å². The largest absolute Gasteiger partial charge is 0.496 e. The first-order valence-corrected chi connectivity index (χ1v) is 5.48. The Labute approximate surface area is 104 Å². The standard InChI is InChI=1S/C14H13F2NO/c1-18-14-5-3-9(6-11(14)8-17)10-2-4-12(15)13(16)7-10/h2-7H,8,17H2,1H3. The molecular weight excluding hydrogens is 236 g/mol. The smallest absolute Gasteiger partial charge is 0.159 e. The highest BCUT2D eigenvalue weighted by Gasteiger charge is 2.07. The van der Waals surface area contributed by atoms with E-state index in [0.717, 1.165) is 23.3 Å². The Morgan fingerprint density at radius 1 is 1.00 bits per heavy atom. The van der Waals surface area contributed by atoms with E-state index in [4.69, 9.17) is 10.5 Å². The number of ether oxygens (including phenoxy) is 1. The lowest BCUT2D eigenvalue weighted by Crippen LogP contribution is -2.00. The molecule has 0 atom stereocenters. The third-order valence-corrected chi connectivity index (χ3v) is 2.75. The first-order valence-electron chi connectivity index (χ1n) is 5.48. The van der Waals surface area contributed by atoms with E-state index in [-0.39, 0.29) is 0 Å². The molecule has 0 fully saturated rings. The van der Waals surface area contributed by atoms with E-state index >= 15 is 0 Å². The maximum atomic E-state index is 13.2. The van der Waals surface area contributed by atoms with Gasteiger partial charge < -0.3 is 10.5 Å². The van der Waals surface area contributed by atoms with E-state index in [9.17, 15) is 8.78 Å². The van der Waals surface area contributed by atoms with Crippen molar-refractivity contribution in [1.29, 1.82) is 0 Å². The third kappa shape index (κ3) is 2.33. The average molecular weight is 249 g/mol. The van der Waals surface area contributed by atoms with Gasteiger partial charge in [-0.1, -0.05) is 12.1 Å². The van der Waals surface area contributed by atoms with Crippen molar-refractivity contribution in [3.63, 3.8) is 0 Å². The van der Waals surface area contributed by atoms with Crippen LogP contribution in [0.1, 0.15) is 5.56 Å². The molecule has 0 bridgehead atoms. The van der Waals surface area contributed by atoms with Crippen molar-refractivity contribution in [3.05, 3.63) is 53.6 Å². The lowest BCUT2D eigenvalue weighted by atomic mass is 10.0. The highest BCUT2D eigenvalue weighted by atomic mass is 19.2. The van der Waals surface area contributed by atoms with Crippen LogP contribution in [0.15, 0.2) is 36.4 Å². The summed E-state index contributed by atoms with van der Waals surface area (Å²) < 4.78 is 31.2. The van der Waals surface area contributed by atoms with Crippen LogP contribution in [0.5, 0.6) is 5.75 Å². The second kappa shape index (κ2) is 5.14. The minimum absolute atomic E-state index is 0.320. The molecular formula is C14H13F2NO. The van der Waals surface area contributed by atoms with E-state index in [2.05, 4.69) is 0 Å². The number of rotatable bonds is 3. The number of benzene rings is 2. The zero-order valence-corrected chi connectivity index (χ0v) is 9.91.